The van der Waals surface area contributed by atoms with E-state index in [0.717, 1.165) is 6.42 Å². The lowest BCUT2D eigenvalue weighted by Crippen LogP contribution is -2.30. The number of Topliss-reactive ketones (excluding diaryl/α,β-unsaturated/α-hetero) is 1. The fraction of sp³-hybridized carbons (Fsp3) is 0.533. The Balaban J connectivity index is 2.10. The van der Waals surface area contributed by atoms with Gasteiger partial charge in [-0.1, -0.05) is 31.9 Å². The molecule has 1 aromatic carbocycles. The number of benzene rings is 1. The SMILES string of the molecule is CC(=O)c1cccc(S(=O)(=O)NCC2CCCC2C)c1. The van der Waals surface area contributed by atoms with Gasteiger partial charge in [0.2, 0.25) is 10.0 Å². The molecule has 0 saturated heterocycles. The summed E-state index contributed by atoms with van der Waals surface area (Å²) in [6.07, 6.45) is 3.43. The Hall–Kier alpha value is -1.20. The van der Waals surface area contributed by atoms with Crippen molar-refractivity contribution in [2.75, 3.05) is 6.54 Å². The molecule has 0 spiro atoms. The Morgan fingerprint density at radius 2 is 2.10 bits per heavy atom. The van der Waals surface area contributed by atoms with Crippen molar-refractivity contribution < 1.29 is 13.2 Å². The highest BCUT2D eigenvalue weighted by Gasteiger charge is 2.25. The first kappa shape index (κ1) is 15.2. The summed E-state index contributed by atoms with van der Waals surface area (Å²) < 4.78 is 27.2. The van der Waals surface area contributed by atoms with Crippen LogP contribution in [0.5, 0.6) is 0 Å². The van der Waals surface area contributed by atoms with Gasteiger partial charge in [-0.05, 0) is 37.3 Å². The Morgan fingerprint density at radius 3 is 2.70 bits per heavy atom. The van der Waals surface area contributed by atoms with Gasteiger partial charge in [0, 0.05) is 12.1 Å². The summed E-state index contributed by atoms with van der Waals surface area (Å²) >= 11 is 0. The molecule has 1 N–H and O–H groups in total. The molecule has 2 atom stereocenters. The van der Waals surface area contributed by atoms with Gasteiger partial charge < -0.3 is 0 Å². The number of ketones is 1. The number of hydrogen-bond donors (Lipinski definition) is 1. The molecule has 0 bridgehead atoms. The average Bonchev–Trinajstić information content (AvgIpc) is 2.82. The molecule has 5 heteroatoms. The maximum atomic E-state index is 12.2. The van der Waals surface area contributed by atoms with Crippen molar-refractivity contribution in [2.24, 2.45) is 11.8 Å². The van der Waals surface area contributed by atoms with Crippen LogP contribution in [-0.2, 0) is 10.0 Å². The van der Waals surface area contributed by atoms with Gasteiger partial charge in [-0.2, -0.15) is 0 Å². The molecule has 1 fully saturated rings. The normalized spacial score (nSPS) is 22.9. The smallest absolute Gasteiger partial charge is 0.240 e. The summed E-state index contributed by atoms with van der Waals surface area (Å²) in [6.45, 7) is 4.08. The minimum Gasteiger partial charge on any atom is -0.295 e. The zero-order chi connectivity index (χ0) is 14.8. The van der Waals surface area contributed by atoms with Gasteiger partial charge in [-0.15, -0.1) is 0 Å². The van der Waals surface area contributed by atoms with Gasteiger partial charge in [0.25, 0.3) is 0 Å². The van der Waals surface area contributed by atoms with Crippen molar-refractivity contribution in [2.45, 2.75) is 38.0 Å². The molecule has 0 heterocycles. The van der Waals surface area contributed by atoms with E-state index in [0.29, 0.717) is 23.9 Å². The first-order valence-electron chi connectivity index (χ1n) is 7.01. The molecule has 20 heavy (non-hydrogen) atoms. The van der Waals surface area contributed by atoms with E-state index in [1.807, 2.05) is 0 Å². The molecule has 0 aliphatic heterocycles. The van der Waals surface area contributed by atoms with Crippen LogP contribution < -0.4 is 4.72 Å². The fourth-order valence-electron chi connectivity index (χ4n) is 2.71. The Labute approximate surface area is 120 Å². The molecule has 1 aromatic rings. The van der Waals surface area contributed by atoms with Gasteiger partial charge in [0.1, 0.15) is 0 Å². The number of carbonyl (C=O) groups excluding carboxylic acids is 1. The third-order valence-electron chi connectivity index (χ3n) is 4.13. The number of carbonyl (C=O) groups is 1. The highest BCUT2D eigenvalue weighted by Crippen LogP contribution is 2.30. The van der Waals surface area contributed by atoms with Crippen molar-refractivity contribution in [3.05, 3.63) is 29.8 Å². The van der Waals surface area contributed by atoms with Crippen LogP contribution in [0.15, 0.2) is 29.2 Å². The van der Waals surface area contributed by atoms with E-state index < -0.39 is 10.0 Å². The van der Waals surface area contributed by atoms with E-state index in [1.165, 1.54) is 31.9 Å². The lowest BCUT2D eigenvalue weighted by molar-refractivity contribution is 0.101. The Morgan fingerprint density at radius 1 is 1.35 bits per heavy atom. The van der Waals surface area contributed by atoms with Crippen LogP contribution in [0.25, 0.3) is 0 Å². The van der Waals surface area contributed by atoms with Crippen LogP contribution in [0, 0.1) is 11.8 Å². The number of rotatable bonds is 5. The maximum absolute atomic E-state index is 12.2. The zero-order valence-corrected chi connectivity index (χ0v) is 12.7. The van der Waals surface area contributed by atoms with E-state index in [-0.39, 0.29) is 10.7 Å². The predicted molar refractivity (Wildman–Crippen MR) is 78.1 cm³/mol. The van der Waals surface area contributed by atoms with Crippen molar-refractivity contribution in [3.8, 4) is 0 Å². The van der Waals surface area contributed by atoms with Gasteiger partial charge in [-0.3, -0.25) is 4.79 Å². The zero-order valence-electron chi connectivity index (χ0n) is 11.9. The average molecular weight is 295 g/mol. The highest BCUT2D eigenvalue weighted by atomic mass is 32.2. The van der Waals surface area contributed by atoms with E-state index in [9.17, 15) is 13.2 Å². The van der Waals surface area contributed by atoms with E-state index in [1.54, 1.807) is 12.1 Å². The molecule has 1 aliphatic rings. The van der Waals surface area contributed by atoms with Crippen LogP contribution >= 0.6 is 0 Å². The summed E-state index contributed by atoms with van der Waals surface area (Å²) in [4.78, 5) is 11.5. The highest BCUT2D eigenvalue weighted by molar-refractivity contribution is 7.89. The molecule has 1 saturated carbocycles. The third kappa shape index (κ3) is 3.46. The molecule has 2 unspecified atom stereocenters. The molecule has 4 nitrogen and oxygen atoms in total. The maximum Gasteiger partial charge on any atom is 0.240 e. The Bertz CT molecular complexity index is 595. The summed E-state index contributed by atoms with van der Waals surface area (Å²) in [6, 6.07) is 6.18. The second kappa shape index (κ2) is 6.06. The van der Waals surface area contributed by atoms with Crippen LogP contribution in [0.4, 0.5) is 0 Å². The largest absolute Gasteiger partial charge is 0.295 e. The minimum atomic E-state index is -3.53. The van der Waals surface area contributed by atoms with Crippen LogP contribution in [-0.4, -0.2) is 20.7 Å². The van der Waals surface area contributed by atoms with Crippen LogP contribution in [0.3, 0.4) is 0 Å². The Kier molecular flexibility index (Phi) is 4.60. The van der Waals surface area contributed by atoms with Gasteiger partial charge in [0.15, 0.2) is 5.78 Å². The first-order valence-corrected chi connectivity index (χ1v) is 8.49. The first-order chi connectivity index (χ1) is 9.40. The minimum absolute atomic E-state index is 0.133. The monoisotopic (exact) mass is 295 g/mol. The van der Waals surface area contributed by atoms with Crippen molar-refractivity contribution in [1.29, 1.82) is 0 Å². The molecular weight excluding hydrogens is 274 g/mol. The van der Waals surface area contributed by atoms with Crippen molar-refractivity contribution in [3.63, 3.8) is 0 Å². The summed E-state index contributed by atoms with van der Waals surface area (Å²) in [5.41, 5.74) is 0.419. The number of nitrogens with one attached hydrogen (secondary N) is 1. The molecule has 110 valence electrons. The summed E-state index contributed by atoms with van der Waals surface area (Å²) in [5, 5.41) is 0. The third-order valence-corrected chi connectivity index (χ3v) is 5.55. The van der Waals surface area contributed by atoms with Crippen LogP contribution in [0.2, 0.25) is 0 Å². The van der Waals surface area contributed by atoms with Crippen molar-refractivity contribution >= 4 is 15.8 Å². The molecule has 1 aliphatic carbocycles. The van der Waals surface area contributed by atoms with E-state index in [4.69, 9.17) is 0 Å². The molecule has 0 aromatic heterocycles. The fourth-order valence-corrected chi connectivity index (χ4v) is 3.85. The quantitative estimate of drug-likeness (QED) is 0.849. The standard InChI is InChI=1S/C15H21NO3S/c1-11-5-3-7-14(11)10-16-20(18,19)15-8-4-6-13(9-15)12(2)17/h4,6,8-9,11,14,16H,3,5,7,10H2,1-2H3. The lowest BCUT2D eigenvalue weighted by atomic mass is 9.99. The summed E-state index contributed by atoms with van der Waals surface area (Å²) in [5.74, 6) is 0.855. The van der Waals surface area contributed by atoms with Crippen LogP contribution in [0.1, 0.15) is 43.5 Å². The van der Waals surface area contributed by atoms with E-state index in [2.05, 4.69) is 11.6 Å². The molecule has 0 radical (unpaired) electrons. The molecule has 2 rings (SSSR count). The summed E-state index contributed by atoms with van der Waals surface area (Å²) in [7, 11) is -3.53. The lowest BCUT2D eigenvalue weighted by Gasteiger charge is -2.16. The van der Waals surface area contributed by atoms with Gasteiger partial charge in [0.05, 0.1) is 4.90 Å². The molecule has 0 amide bonds. The van der Waals surface area contributed by atoms with Crippen molar-refractivity contribution in [1.82, 2.24) is 4.72 Å². The number of hydrogen-bond acceptors (Lipinski definition) is 3. The number of sulfonamides is 1. The molecular formula is C15H21NO3S. The van der Waals surface area contributed by atoms with E-state index >= 15 is 0 Å². The predicted octanol–water partition coefficient (Wildman–Crippen LogP) is 2.60. The second-order valence-electron chi connectivity index (χ2n) is 5.60. The topological polar surface area (TPSA) is 63.2 Å². The van der Waals surface area contributed by atoms with Gasteiger partial charge >= 0.3 is 0 Å². The van der Waals surface area contributed by atoms with Gasteiger partial charge in [-0.25, -0.2) is 13.1 Å². The second-order valence-corrected chi connectivity index (χ2v) is 7.37.